The van der Waals surface area contributed by atoms with Crippen LogP contribution in [0.3, 0.4) is 0 Å². The smallest absolute Gasteiger partial charge is 0.281 e. The van der Waals surface area contributed by atoms with Crippen LogP contribution in [-0.2, 0) is 10.2 Å². The Hall–Kier alpha value is -2.04. The lowest BCUT2D eigenvalue weighted by Gasteiger charge is -2.35. The van der Waals surface area contributed by atoms with Crippen LogP contribution in [0.4, 0.5) is 0 Å². The van der Waals surface area contributed by atoms with Crippen LogP contribution in [0.5, 0.6) is 0 Å². The third-order valence-corrected chi connectivity index (χ3v) is 6.42. The number of hydrogen-bond donors (Lipinski definition) is 0. The van der Waals surface area contributed by atoms with Gasteiger partial charge in [-0.3, -0.25) is 4.79 Å². The molecule has 3 heterocycles. The summed E-state index contributed by atoms with van der Waals surface area (Å²) in [6, 6.07) is 1.98. The van der Waals surface area contributed by atoms with Gasteiger partial charge < -0.3 is 4.90 Å². The number of fused-ring (bicyclic) bond motifs is 1. The van der Waals surface area contributed by atoms with Gasteiger partial charge in [-0.25, -0.2) is 9.67 Å². The summed E-state index contributed by atoms with van der Waals surface area (Å²) in [5.41, 5.74) is 1.24. The lowest BCUT2D eigenvalue weighted by atomic mass is 10.2. The minimum atomic E-state index is -3.44. The number of aromatic nitrogens is 3. The predicted molar refractivity (Wildman–Crippen MR) is 98.0 cm³/mol. The van der Waals surface area contributed by atoms with Crippen LogP contribution < -0.4 is 0 Å². The molecule has 0 saturated carbocycles. The number of pyridine rings is 1. The van der Waals surface area contributed by atoms with Gasteiger partial charge in [-0.2, -0.15) is 22.1 Å². The van der Waals surface area contributed by atoms with Gasteiger partial charge in [0.2, 0.25) is 0 Å². The average Bonchev–Trinajstić information content (AvgIpc) is 3.04. The predicted octanol–water partition coefficient (Wildman–Crippen LogP) is 0.576. The van der Waals surface area contributed by atoms with E-state index in [1.54, 1.807) is 23.4 Å². The number of carbonyl (C=O) groups excluding carboxylic acids is 1. The van der Waals surface area contributed by atoms with Gasteiger partial charge in [0, 0.05) is 57.9 Å². The van der Waals surface area contributed by atoms with Gasteiger partial charge in [-0.15, -0.1) is 0 Å². The normalized spacial score (nSPS) is 16.8. The second-order valence-corrected chi connectivity index (χ2v) is 8.94. The molecule has 0 N–H and O–H groups in total. The van der Waals surface area contributed by atoms with Crippen LogP contribution in [0, 0.1) is 0 Å². The van der Waals surface area contributed by atoms with Gasteiger partial charge in [-0.1, -0.05) is 0 Å². The minimum absolute atomic E-state index is 0.140. The second kappa shape index (κ2) is 6.93. The van der Waals surface area contributed by atoms with E-state index in [9.17, 15) is 13.2 Å². The Morgan fingerprint density at radius 2 is 1.81 bits per heavy atom. The summed E-state index contributed by atoms with van der Waals surface area (Å²) in [6.45, 7) is 5.33. The summed E-state index contributed by atoms with van der Waals surface area (Å²) < 4.78 is 28.7. The zero-order chi connectivity index (χ0) is 19.1. The first-order valence-corrected chi connectivity index (χ1v) is 9.91. The molecule has 0 atom stereocenters. The quantitative estimate of drug-likeness (QED) is 0.774. The van der Waals surface area contributed by atoms with Crippen molar-refractivity contribution in [3.05, 3.63) is 24.0 Å². The molecule has 0 spiro atoms. The Morgan fingerprint density at radius 1 is 1.15 bits per heavy atom. The maximum atomic E-state index is 12.8. The first-order valence-electron chi connectivity index (χ1n) is 8.52. The van der Waals surface area contributed by atoms with Crippen molar-refractivity contribution < 1.29 is 13.2 Å². The highest BCUT2D eigenvalue weighted by Gasteiger charge is 2.30. The van der Waals surface area contributed by atoms with Crippen LogP contribution in [0.2, 0.25) is 0 Å². The van der Waals surface area contributed by atoms with Crippen LogP contribution in [-0.4, -0.2) is 82.9 Å². The SMILES string of the molecule is CC(C)n1ncc2cc(C(=O)N3CCN(S(=O)(=O)N(C)C)CC3)cnc21. The highest BCUT2D eigenvalue weighted by molar-refractivity contribution is 7.86. The largest absolute Gasteiger partial charge is 0.336 e. The lowest BCUT2D eigenvalue weighted by molar-refractivity contribution is 0.0695. The van der Waals surface area contributed by atoms with Crippen molar-refractivity contribution in [2.24, 2.45) is 0 Å². The summed E-state index contributed by atoms with van der Waals surface area (Å²) in [6.07, 6.45) is 3.27. The lowest BCUT2D eigenvalue weighted by Crippen LogP contribution is -2.53. The standard InChI is InChI=1S/C16H24N6O3S/c1-12(2)22-15-13(11-18-22)9-14(10-17-15)16(23)20-5-7-21(8-6-20)26(24,25)19(3)4/h9-12H,5-8H2,1-4H3. The third kappa shape index (κ3) is 3.31. The number of carbonyl (C=O) groups is 1. The van der Waals surface area contributed by atoms with Gasteiger partial charge in [0.15, 0.2) is 5.65 Å². The van der Waals surface area contributed by atoms with Crippen LogP contribution in [0.15, 0.2) is 18.5 Å². The molecule has 9 nitrogen and oxygen atoms in total. The van der Waals surface area contributed by atoms with Gasteiger partial charge >= 0.3 is 0 Å². The fourth-order valence-electron chi connectivity index (χ4n) is 2.97. The molecule has 1 aliphatic rings. The maximum absolute atomic E-state index is 12.8. The van der Waals surface area contributed by atoms with E-state index in [-0.39, 0.29) is 25.0 Å². The van der Waals surface area contributed by atoms with E-state index in [0.717, 1.165) is 11.0 Å². The number of hydrogen-bond acceptors (Lipinski definition) is 5. The van der Waals surface area contributed by atoms with E-state index in [1.807, 2.05) is 18.5 Å². The number of nitrogens with zero attached hydrogens (tertiary/aromatic N) is 6. The van der Waals surface area contributed by atoms with Crippen LogP contribution >= 0.6 is 0 Å². The Morgan fingerprint density at radius 3 is 2.38 bits per heavy atom. The molecule has 10 heteroatoms. The van der Waals surface area contributed by atoms with E-state index in [2.05, 4.69) is 10.1 Å². The Bertz CT molecular complexity index is 913. The zero-order valence-corrected chi connectivity index (χ0v) is 16.3. The average molecular weight is 380 g/mol. The molecule has 0 unspecified atom stereocenters. The van der Waals surface area contributed by atoms with E-state index in [0.29, 0.717) is 18.7 Å². The fraction of sp³-hybridized carbons (Fsp3) is 0.562. The van der Waals surface area contributed by atoms with Crippen molar-refractivity contribution in [3.8, 4) is 0 Å². The summed E-state index contributed by atoms with van der Waals surface area (Å²) in [5.74, 6) is -0.140. The van der Waals surface area contributed by atoms with E-state index < -0.39 is 10.2 Å². The third-order valence-electron chi connectivity index (χ3n) is 4.48. The zero-order valence-electron chi connectivity index (χ0n) is 15.5. The summed E-state index contributed by atoms with van der Waals surface area (Å²) in [5, 5.41) is 5.13. The monoisotopic (exact) mass is 380 g/mol. The van der Waals surface area contributed by atoms with Gasteiger partial charge in [0.25, 0.3) is 16.1 Å². The molecule has 3 rings (SSSR count). The van der Waals surface area contributed by atoms with Crippen molar-refractivity contribution in [2.45, 2.75) is 19.9 Å². The van der Waals surface area contributed by atoms with Gasteiger partial charge in [0.05, 0.1) is 11.8 Å². The highest BCUT2D eigenvalue weighted by Crippen LogP contribution is 2.18. The van der Waals surface area contributed by atoms with Crippen molar-refractivity contribution in [1.29, 1.82) is 0 Å². The molecule has 2 aromatic rings. The van der Waals surface area contributed by atoms with E-state index in [4.69, 9.17) is 0 Å². The van der Waals surface area contributed by atoms with Gasteiger partial charge in [0.1, 0.15) is 0 Å². The number of amides is 1. The fourth-order valence-corrected chi connectivity index (χ4v) is 4.06. The van der Waals surface area contributed by atoms with Crippen LogP contribution in [0.1, 0.15) is 30.2 Å². The van der Waals surface area contributed by atoms with Gasteiger partial charge in [-0.05, 0) is 19.9 Å². The van der Waals surface area contributed by atoms with Crippen molar-refractivity contribution in [1.82, 2.24) is 28.3 Å². The molecule has 1 saturated heterocycles. The topological polar surface area (TPSA) is 91.6 Å². The maximum Gasteiger partial charge on any atom is 0.281 e. The number of piperazine rings is 1. The Kier molecular flexibility index (Phi) is 5.00. The number of rotatable bonds is 4. The molecule has 0 aliphatic carbocycles. The van der Waals surface area contributed by atoms with Crippen LogP contribution in [0.25, 0.3) is 11.0 Å². The van der Waals surface area contributed by atoms with E-state index >= 15 is 0 Å². The second-order valence-electron chi connectivity index (χ2n) is 6.80. The molecular weight excluding hydrogens is 356 g/mol. The molecular formula is C16H24N6O3S. The summed E-state index contributed by atoms with van der Waals surface area (Å²) >= 11 is 0. The molecule has 26 heavy (non-hydrogen) atoms. The van der Waals surface area contributed by atoms with Crippen molar-refractivity contribution in [3.63, 3.8) is 0 Å². The molecule has 1 fully saturated rings. The minimum Gasteiger partial charge on any atom is -0.336 e. The summed E-state index contributed by atoms with van der Waals surface area (Å²) in [4.78, 5) is 18.8. The first kappa shape index (κ1) is 18.7. The molecule has 1 aliphatic heterocycles. The van der Waals surface area contributed by atoms with Crippen molar-refractivity contribution >= 4 is 27.1 Å². The Labute approximate surface area is 153 Å². The molecule has 1 amide bonds. The molecule has 0 aromatic carbocycles. The van der Waals surface area contributed by atoms with Crippen molar-refractivity contribution in [2.75, 3.05) is 40.3 Å². The molecule has 0 bridgehead atoms. The molecule has 142 valence electrons. The molecule has 0 radical (unpaired) electrons. The Balaban J connectivity index is 1.74. The summed E-state index contributed by atoms with van der Waals surface area (Å²) in [7, 11) is -0.433. The first-order chi connectivity index (χ1) is 12.2. The van der Waals surface area contributed by atoms with E-state index in [1.165, 1.54) is 22.7 Å². The highest BCUT2D eigenvalue weighted by atomic mass is 32.2. The molecule has 2 aromatic heterocycles.